The average molecular weight is 228 g/mol. The van der Waals surface area contributed by atoms with Crippen LogP contribution in [0.15, 0.2) is 0 Å². The molecule has 0 amide bonds. The second-order valence-electron chi connectivity index (χ2n) is 5.74. The van der Waals surface area contributed by atoms with Gasteiger partial charge in [-0.05, 0) is 25.2 Å². The fourth-order valence-electron chi connectivity index (χ4n) is 3.16. The molecule has 1 rings (SSSR count). The Bertz CT molecular complexity index is 220. The third kappa shape index (κ3) is 2.41. The zero-order chi connectivity index (χ0) is 12.3. The van der Waals surface area contributed by atoms with Gasteiger partial charge < -0.3 is 10.5 Å². The molecule has 0 aromatic heterocycles. The summed E-state index contributed by atoms with van der Waals surface area (Å²) in [5.41, 5.74) is 6.07. The van der Waals surface area contributed by atoms with Gasteiger partial charge in [-0.1, -0.05) is 20.8 Å². The minimum Gasteiger partial charge on any atom is -0.383 e. The summed E-state index contributed by atoms with van der Waals surface area (Å²) in [5, 5.41) is 0. The molecule has 0 radical (unpaired) electrons. The molecule has 1 saturated heterocycles. The molecule has 0 aromatic carbocycles. The maximum Gasteiger partial charge on any atom is 0.0661 e. The van der Waals surface area contributed by atoms with Crippen LogP contribution < -0.4 is 5.73 Å². The minimum absolute atomic E-state index is 0.0128. The molecule has 3 atom stereocenters. The number of nitrogens with two attached hydrogens (primary N) is 1. The van der Waals surface area contributed by atoms with Crippen molar-refractivity contribution in [1.29, 1.82) is 0 Å². The Morgan fingerprint density at radius 2 is 2.06 bits per heavy atom. The van der Waals surface area contributed by atoms with Crippen LogP contribution >= 0.6 is 0 Å². The first-order valence-electron chi connectivity index (χ1n) is 6.43. The van der Waals surface area contributed by atoms with Crippen molar-refractivity contribution in [2.45, 2.75) is 45.7 Å². The molecular weight excluding hydrogens is 200 g/mol. The lowest BCUT2D eigenvalue weighted by atomic mass is 9.84. The van der Waals surface area contributed by atoms with Gasteiger partial charge in [-0.25, -0.2) is 0 Å². The van der Waals surface area contributed by atoms with E-state index in [2.05, 4.69) is 32.6 Å². The summed E-state index contributed by atoms with van der Waals surface area (Å²) >= 11 is 0. The zero-order valence-electron chi connectivity index (χ0n) is 11.5. The number of likely N-dealkylation sites (tertiary alicyclic amines) is 1. The van der Waals surface area contributed by atoms with Crippen molar-refractivity contribution in [3.05, 3.63) is 0 Å². The molecule has 16 heavy (non-hydrogen) atoms. The number of ether oxygens (including phenoxy) is 1. The van der Waals surface area contributed by atoms with Crippen LogP contribution in [0.1, 0.15) is 34.1 Å². The van der Waals surface area contributed by atoms with Crippen LogP contribution in [0.2, 0.25) is 0 Å². The summed E-state index contributed by atoms with van der Waals surface area (Å²) in [6.07, 6.45) is 1.28. The molecule has 2 N–H and O–H groups in total. The molecule has 3 unspecified atom stereocenters. The predicted molar refractivity (Wildman–Crippen MR) is 68.4 cm³/mol. The Balaban J connectivity index is 2.91. The molecule has 96 valence electrons. The number of rotatable bonds is 5. The van der Waals surface area contributed by atoms with Crippen molar-refractivity contribution in [2.24, 2.45) is 17.6 Å². The lowest BCUT2D eigenvalue weighted by Gasteiger charge is -2.46. The molecule has 0 saturated carbocycles. The third-order valence-corrected chi connectivity index (χ3v) is 4.18. The highest BCUT2D eigenvalue weighted by atomic mass is 16.5. The Morgan fingerprint density at radius 1 is 1.44 bits per heavy atom. The van der Waals surface area contributed by atoms with Crippen molar-refractivity contribution in [3.63, 3.8) is 0 Å². The molecule has 3 heteroatoms. The highest BCUT2D eigenvalue weighted by molar-refractivity contribution is 5.00. The SMILES string of the molecule is COCC(CN)(C(C)C)N1CC(C)CC1C. The van der Waals surface area contributed by atoms with E-state index in [1.54, 1.807) is 7.11 Å². The normalized spacial score (nSPS) is 30.9. The van der Waals surface area contributed by atoms with E-state index in [9.17, 15) is 0 Å². The Labute approximate surface area is 100 Å². The van der Waals surface area contributed by atoms with E-state index in [0.717, 1.165) is 19.1 Å². The summed E-state index contributed by atoms with van der Waals surface area (Å²) < 4.78 is 5.43. The maximum atomic E-state index is 6.06. The van der Waals surface area contributed by atoms with Gasteiger partial charge in [-0.3, -0.25) is 4.90 Å². The highest BCUT2D eigenvalue weighted by Gasteiger charge is 2.44. The second kappa shape index (κ2) is 5.48. The van der Waals surface area contributed by atoms with Gasteiger partial charge in [0, 0.05) is 26.2 Å². The van der Waals surface area contributed by atoms with Gasteiger partial charge in [0.05, 0.1) is 12.1 Å². The summed E-state index contributed by atoms with van der Waals surface area (Å²) in [6, 6.07) is 0.621. The van der Waals surface area contributed by atoms with Crippen LogP contribution in [0.25, 0.3) is 0 Å². The number of hydrogen-bond acceptors (Lipinski definition) is 3. The smallest absolute Gasteiger partial charge is 0.0661 e. The lowest BCUT2D eigenvalue weighted by molar-refractivity contribution is -0.0215. The quantitative estimate of drug-likeness (QED) is 0.778. The molecule has 0 aromatic rings. The fourth-order valence-corrected chi connectivity index (χ4v) is 3.16. The van der Waals surface area contributed by atoms with Crippen molar-refractivity contribution in [1.82, 2.24) is 4.90 Å². The van der Waals surface area contributed by atoms with Crippen LogP contribution in [0, 0.1) is 11.8 Å². The molecule has 0 bridgehead atoms. The van der Waals surface area contributed by atoms with E-state index >= 15 is 0 Å². The fraction of sp³-hybridized carbons (Fsp3) is 1.00. The van der Waals surface area contributed by atoms with E-state index in [4.69, 9.17) is 10.5 Å². The number of hydrogen-bond donors (Lipinski definition) is 1. The van der Waals surface area contributed by atoms with Gasteiger partial charge in [0.15, 0.2) is 0 Å². The number of nitrogens with zero attached hydrogens (tertiary/aromatic N) is 1. The second-order valence-corrected chi connectivity index (χ2v) is 5.74. The van der Waals surface area contributed by atoms with Crippen LogP contribution in [-0.2, 0) is 4.74 Å². The topological polar surface area (TPSA) is 38.5 Å². The minimum atomic E-state index is 0.0128. The summed E-state index contributed by atoms with van der Waals surface area (Å²) in [4.78, 5) is 2.58. The lowest BCUT2D eigenvalue weighted by Crippen LogP contribution is -2.61. The molecule has 0 aliphatic carbocycles. The van der Waals surface area contributed by atoms with Crippen molar-refractivity contribution in [2.75, 3.05) is 26.8 Å². The average Bonchev–Trinajstić information content (AvgIpc) is 2.54. The van der Waals surface area contributed by atoms with Crippen LogP contribution in [0.5, 0.6) is 0 Å². The Hall–Kier alpha value is -0.120. The largest absolute Gasteiger partial charge is 0.383 e. The van der Waals surface area contributed by atoms with Gasteiger partial charge in [0.25, 0.3) is 0 Å². The van der Waals surface area contributed by atoms with Gasteiger partial charge in [0.1, 0.15) is 0 Å². The van der Waals surface area contributed by atoms with Gasteiger partial charge in [-0.2, -0.15) is 0 Å². The molecule has 1 heterocycles. The summed E-state index contributed by atoms with van der Waals surface area (Å²) in [6.45, 7) is 11.7. The monoisotopic (exact) mass is 228 g/mol. The van der Waals surface area contributed by atoms with E-state index in [-0.39, 0.29) is 5.54 Å². The van der Waals surface area contributed by atoms with Crippen molar-refractivity contribution < 1.29 is 4.74 Å². The van der Waals surface area contributed by atoms with E-state index in [1.807, 2.05) is 0 Å². The predicted octanol–water partition coefficient (Wildman–Crippen LogP) is 1.72. The van der Waals surface area contributed by atoms with Crippen molar-refractivity contribution >= 4 is 0 Å². The first kappa shape index (κ1) is 13.9. The summed E-state index contributed by atoms with van der Waals surface area (Å²) in [5.74, 6) is 1.29. The van der Waals surface area contributed by atoms with Gasteiger partial charge in [-0.15, -0.1) is 0 Å². The maximum absolute atomic E-state index is 6.06. The van der Waals surface area contributed by atoms with Gasteiger partial charge in [0.2, 0.25) is 0 Å². The third-order valence-electron chi connectivity index (χ3n) is 4.18. The molecule has 1 fully saturated rings. The standard InChI is InChI=1S/C13H28N2O/c1-10(2)13(8-14,9-16-5)15-7-11(3)6-12(15)4/h10-12H,6-9,14H2,1-5H3. The van der Waals surface area contributed by atoms with Crippen LogP contribution in [0.4, 0.5) is 0 Å². The summed E-state index contributed by atoms with van der Waals surface area (Å²) in [7, 11) is 1.77. The molecule has 1 aliphatic rings. The van der Waals surface area contributed by atoms with Crippen LogP contribution in [-0.4, -0.2) is 43.3 Å². The van der Waals surface area contributed by atoms with Crippen molar-refractivity contribution in [3.8, 4) is 0 Å². The Morgan fingerprint density at radius 3 is 2.38 bits per heavy atom. The van der Waals surface area contributed by atoms with E-state index < -0.39 is 0 Å². The molecule has 3 nitrogen and oxygen atoms in total. The number of methoxy groups -OCH3 is 1. The van der Waals surface area contributed by atoms with Gasteiger partial charge >= 0.3 is 0 Å². The molecular formula is C13H28N2O. The first-order valence-corrected chi connectivity index (χ1v) is 6.43. The molecule has 1 aliphatic heterocycles. The first-order chi connectivity index (χ1) is 7.47. The Kier molecular flexibility index (Phi) is 4.77. The van der Waals surface area contributed by atoms with E-state index in [0.29, 0.717) is 18.5 Å². The molecule has 0 spiro atoms. The van der Waals surface area contributed by atoms with E-state index in [1.165, 1.54) is 6.42 Å². The highest BCUT2D eigenvalue weighted by Crippen LogP contribution is 2.34. The van der Waals surface area contributed by atoms with Crippen LogP contribution in [0.3, 0.4) is 0 Å². The zero-order valence-corrected chi connectivity index (χ0v) is 11.5.